The van der Waals surface area contributed by atoms with Crippen LogP contribution in [-0.2, 0) is 6.54 Å². The predicted molar refractivity (Wildman–Crippen MR) is 97.3 cm³/mol. The second kappa shape index (κ2) is 5.98. The molecule has 0 radical (unpaired) electrons. The Bertz CT molecular complexity index is 729. The Morgan fingerprint density at radius 3 is 2.61 bits per heavy atom. The molecule has 2 aliphatic heterocycles. The van der Waals surface area contributed by atoms with Gasteiger partial charge in [0.2, 0.25) is 0 Å². The molecule has 0 amide bonds. The number of fused-ring (bicyclic) bond motifs is 2. The fourth-order valence-corrected chi connectivity index (χ4v) is 4.24. The molecule has 1 saturated heterocycles. The van der Waals surface area contributed by atoms with Gasteiger partial charge in [-0.25, -0.2) is 0 Å². The normalized spacial score (nSPS) is 23.8. The van der Waals surface area contributed by atoms with Gasteiger partial charge in [-0.15, -0.1) is 0 Å². The molecule has 2 heterocycles. The first-order valence-electron chi connectivity index (χ1n) is 8.79. The van der Waals surface area contributed by atoms with Crippen LogP contribution in [0, 0.1) is 13.8 Å². The zero-order valence-corrected chi connectivity index (χ0v) is 14.1. The highest BCUT2D eigenvalue weighted by molar-refractivity contribution is 5.71. The van der Waals surface area contributed by atoms with Gasteiger partial charge in [0.15, 0.2) is 0 Å². The van der Waals surface area contributed by atoms with Crippen molar-refractivity contribution in [3.05, 3.63) is 76.9 Å². The Hall–Kier alpha value is -1.86. The molecular formula is C22H25N. The summed E-state index contributed by atoms with van der Waals surface area (Å²) >= 11 is 0. The first-order valence-corrected chi connectivity index (χ1v) is 8.79. The van der Waals surface area contributed by atoms with Gasteiger partial charge in [-0.3, -0.25) is 4.90 Å². The van der Waals surface area contributed by atoms with Crippen molar-refractivity contribution in [2.75, 3.05) is 0 Å². The van der Waals surface area contributed by atoms with Gasteiger partial charge in [0.1, 0.15) is 0 Å². The van der Waals surface area contributed by atoms with E-state index < -0.39 is 0 Å². The molecule has 4 rings (SSSR count). The molecule has 1 heteroatoms. The minimum absolute atomic E-state index is 0.615. The van der Waals surface area contributed by atoms with E-state index in [-0.39, 0.29) is 0 Å². The fourth-order valence-electron chi connectivity index (χ4n) is 4.24. The summed E-state index contributed by atoms with van der Waals surface area (Å²) in [7, 11) is 0. The van der Waals surface area contributed by atoms with Gasteiger partial charge in [-0.05, 0) is 55.4 Å². The fraction of sp³-hybridized carbons (Fsp3) is 0.364. The molecule has 0 spiro atoms. The zero-order valence-electron chi connectivity index (χ0n) is 14.1. The molecule has 118 valence electrons. The lowest BCUT2D eigenvalue weighted by atomic mass is 9.90. The van der Waals surface area contributed by atoms with Crippen LogP contribution in [0.2, 0.25) is 0 Å². The molecule has 0 aliphatic carbocycles. The van der Waals surface area contributed by atoms with Crippen molar-refractivity contribution in [2.45, 2.75) is 51.7 Å². The Morgan fingerprint density at radius 2 is 1.83 bits per heavy atom. The Labute approximate surface area is 139 Å². The molecule has 2 aromatic carbocycles. The average Bonchev–Trinajstić information content (AvgIpc) is 2.80. The maximum Gasteiger partial charge on any atom is 0.0291 e. The summed E-state index contributed by atoms with van der Waals surface area (Å²) in [6, 6.07) is 19.1. The first kappa shape index (κ1) is 14.7. The molecule has 0 aromatic heterocycles. The predicted octanol–water partition coefficient (Wildman–Crippen LogP) is 5.12. The number of aryl methyl sites for hydroxylation is 2. The molecule has 23 heavy (non-hydrogen) atoms. The summed E-state index contributed by atoms with van der Waals surface area (Å²) < 4.78 is 0. The van der Waals surface area contributed by atoms with Crippen molar-refractivity contribution >= 4 is 5.57 Å². The number of rotatable bonds is 3. The third kappa shape index (κ3) is 2.86. The van der Waals surface area contributed by atoms with E-state index >= 15 is 0 Å². The smallest absolute Gasteiger partial charge is 0.0291 e. The second-order valence-corrected chi connectivity index (χ2v) is 7.17. The van der Waals surface area contributed by atoms with Gasteiger partial charge in [-0.1, -0.05) is 60.2 Å². The van der Waals surface area contributed by atoms with Gasteiger partial charge in [-0.2, -0.15) is 0 Å². The topological polar surface area (TPSA) is 3.24 Å². The zero-order chi connectivity index (χ0) is 15.8. The van der Waals surface area contributed by atoms with Gasteiger partial charge < -0.3 is 0 Å². The largest absolute Gasteiger partial charge is 0.289 e. The van der Waals surface area contributed by atoms with E-state index in [0.717, 1.165) is 6.54 Å². The molecule has 2 bridgehead atoms. The van der Waals surface area contributed by atoms with Crippen molar-refractivity contribution in [3.63, 3.8) is 0 Å². The highest BCUT2D eigenvalue weighted by Crippen LogP contribution is 2.40. The molecule has 0 N–H and O–H groups in total. The second-order valence-electron chi connectivity index (χ2n) is 7.17. The highest BCUT2D eigenvalue weighted by atomic mass is 15.2. The van der Waals surface area contributed by atoms with Crippen molar-refractivity contribution in [3.8, 4) is 0 Å². The lowest BCUT2D eigenvalue weighted by Crippen LogP contribution is -2.37. The third-order valence-electron chi connectivity index (χ3n) is 5.49. The summed E-state index contributed by atoms with van der Waals surface area (Å²) in [5, 5.41) is 0. The molecule has 1 fully saturated rings. The van der Waals surface area contributed by atoms with Crippen LogP contribution in [0.15, 0.2) is 54.6 Å². The van der Waals surface area contributed by atoms with E-state index in [1.54, 1.807) is 5.57 Å². The number of hydrogen-bond donors (Lipinski definition) is 0. The van der Waals surface area contributed by atoms with Crippen LogP contribution in [0.1, 0.15) is 41.5 Å². The summed E-state index contributed by atoms with van der Waals surface area (Å²) in [5.74, 6) is 0. The molecule has 2 aliphatic rings. The summed E-state index contributed by atoms with van der Waals surface area (Å²) in [6.07, 6.45) is 6.40. The van der Waals surface area contributed by atoms with Crippen LogP contribution in [0.3, 0.4) is 0 Å². The third-order valence-corrected chi connectivity index (χ3v) is 5.49. The molecular weight excluding hydrogens is 278 g/mol. The van der Waals surface area contributed by atoms with Gasteiger partial charge in [0, 0.05) is 18.6 Å². The molecule has 2 unspecified atom stereocenters. The Balaban J connectivity index is 1.60. The van der Waals surface area contributed by atoms with Gasteiger partial charge in [0.25, 0.3) is 0 Å². The molecule has 2 aromatic rings. The quantitative estimate of drug-likeness (QED) is 0.760. The van der Waals surface area contributed by atoms with Gasteiger partial charge >= 0.3 is 0 Å². The van der Waals surface area contributed by atoms with Crippen LogP contribution >= 0.6 is 0 Å². The lowest BCUT2D eigenvalue weighted by molar-refractivity contribution is 0.203. The summed E-state index contributed by atoms with van der Waals surface area (Å²) in [6.45, 7) is 5.53. The Morgan fingerprint density at radius 1 is 1.00 bits per heavy atom. The molecule has 1 nitrogen and oxygen atoms in total. The monoisotopic (exact) mass is 303 g/mol. The highest BCUT2D eigenvalue weighted by Gasteiger charge is 2.36. The van der Waals surface area contributed by atoms with Crippen molar-refractivity contribution in [1.29, 1.82) is 0 Å². The van der Waals surface area contributed by atoms with Crippen LogP contribution in [0.25, 0.3) is 5.57 Å². The van der Waals surface area contributed by atoms with Crippen molar-refractivity contribution in [1.82, 2.24) is 4.90 Å². The average molecular weight is 303 g/mol. The molecule has 0 saturated carbocycles. The minimum Gasteiger partial charge on any atom is -0.289 e. The van der Waals surface area contributed by atoms with E-state index in [1.807, 2.05) is 0 Å². The van der Waals surface area contributed by atoms with E-state index in [9.17, 15) is 0 Å². The summed E-state index contributed by atoms with van der Waals surface area (Å²) in [5.41, 5.74) is 7.26. The first-order chi connectivity index (χ1) is 11.2. The summed E-state index contributed by atoms with van der Waals surface area (Å²) in [4.78, 5) is 2.71. The molecule has 2 atom stereocenters. The van der Waals surface area contributed by atoms with E-state index in [1.165, 1.54) is 41.5 Å². The van der Waals surface area contributed by atoms with Crippen LogP contribution in [0.5, 0.6) is 0 Å². The lowest BCUT2D eigenvalue weighted by Gasteiger charge is -2.34. The van der Waals surface area contributed by atoms with Crippen molar-refractivity contribution < 1.29 is 0 Å². The van der Waals surface area contributed by atoms with Crippen LogP contribution in [0.4, 0.5) is 0 Å². The SMILES string of the molecule is Cc1ccc(C)c(C2=CC3CCC(C2)N3Cc2ccccc2)c1. The van der Waals surface area contributed by atoms with E-state index in [0.29, 0.717) is 12.1 Å². The van der Waals surface area contributed by atoms with Crippen LogP contribution < -0.4 is 0 Å². The maximum atomic E-state index is 2.71. The van der Waals surface area contributed by atoms with E-state index in [2.05, 4.69) is 73.4 Å². The standard InChI is InChI=1S/C22H25N/c1-16-8-9-17(2)22(12-16)19-13-20-10-11-21(14-19)23(20)15-18-6-4-3-5-7-18/h3-9,12-13,20-21H,10-11,14-15H2,1-2H3. The van der Waals surface area contributed by atoms with E-state index in [4.69, 9.17) is 0 Å². The van der Waals surface area contributed by atoms with Crippen LogP contribution in [-0.4, -0.2) is 17.0 Å². The van der Waals surface area contributed by atoms with Gasteiger partial charge in [0.05, 0.1) is 0 Å². The van der Waals surface area contributed by atoms with Crippen molar-refractivity contribution in [2.24, 2.45) is 0 Å². The number of benzene rings is 2. The number of nitrogens with zero attached hydrogens (tertiary/aromatic N) is 1. The number of hydrogen-bond acceptors (Lipinski definition) is 1. The Kier molecular flexibility index (Phi) is 3.82. The minimum atomic E-state index is 0.615. The maximum absolute atomic E-state index is 2.71.